The number of thiazole rings is 1. The summed E-state index contributed by atoms with van der Waals surface area (Å²) in [4.78, 5) is 4.67. The molecule has 21 heavy (non-hydrogen) atoms. The van der Waals surface area contributed by atoms with Crippen molar-refractivity contribution < 1.29 is 14.2 Å². The second-order valence-electron chi connectivity index (χ2n) is 4.39. The Balaban J connectivity index is 2.24. The fraction of sp³-hybridized carbons (Fsp3) is 0.188. The lowest BCUT2D eigenvalue weighted by atomic mass is 10.1. The first-order valence-corrected chi connectivity index (χ1v) is 7.24. The van der Waals surface area contributed by atoms with Crippen LogP contribution in [0.15, 0.2) is 36.4 Å². The van der Waals surface area contributed by atoms with Crippen LogP contribution in [-0.4, -0.2) is 26.3 Å². The first kappa shape index (κ1) is 13.7. The van der Waals surface area contributed by atoms with E-state index in [0.29, 0.717) is 17.2 Å². The number of ether oxygens (including phenoxy) is 3. The van der Waals surface area contributed by atoms with Gasteiger partial charge in [0.2, 0.25) is 0 Å². The molecule has 0 N–H and O–H groups in total. The Hall–Kier alpha value is -2.27. The van der Waals surface area contributed by atoms with Gasteiger partial charge in [0.1, 0.15) is 22.3 Å². The van der Waals surface area contributed by atoms with Crippen molar-refractivity contribution >= 4 is 21.6 Å². The van der Waals surface area contributed by atoms with Crippen LogP contribution in [0, 0.1) is 0 Å². The molecule has 0 saturated heterocycles. The van der Waals surface area contributed by atoms with Crippen LogP contribution in [0.5, 0.6) is 17.2 Å². The molecule has 1 aromatic heterocycles. The molecule has 0 saturated carbocycles. The van der Waals surface area contributed by atoms with E-state index in [1.807, 2.05) is 30.3 Å². The van der Waals surface area contributed by atoms with E-state index in [1.165, 1.54) is 0 Å². The van der Waals surface area contributed by atoms with E-state index in [2.05, 4.69) is 11.1 Å². The van der Waals surface area contributed by atoms with Crippen molar-refractivity contribution in [3.63, 3.8) is 0 Å². The fourth-order valence-corrected chi connectivity index (χ4v) is 3.22. The number of aromatic nitrogens is 1. The number of fused-ring (bicyclic) bond motifs is 1. The molecule has 0 aliphatic rings. The minimum Gasteiger partial charge on any atom is -0.496 e. The molecule has 0 fully saturated rings. The van der Waals surface area contributed by atoms with Crippen LogP contribution in [0.3, 0.4) is 0 Å². The van der Waals surface area contributed by atoms with E-state index < -0.39 is 0 Å². The number of benzene rings is 2. The SMILES string of the molecule is COc1cc(OC)c(-c2nc3ccccc3s2)c(OC)c1. The summed E-state index contributed by atoms with van der Waals surface area (Å²) >= 11 is 1.61. The van der Waals surface area contributed by atoms with Crippen LogP contribution in [0.2, 0.25) is 0 Å². The van der Waals surface area contributed by atoms with Gasteiger partial charge in [-0.15, -0.1) is 11.3 Å². The predicted molar refractivity (Wildman–Crippen MR) is 84.7 cm³/mol. The molecule has 0 spiro atoms. The molecule has 0 unspecified atom stereocenters. The number of para-hydroxylation sites is 1. The summed E-state index contributed by atoms with van der Waals surface area (Å²) in [6, 6.07) is 11.7. The second kappa shape index (κ2) is 5.61. The maximum Gasteiger partial charge on any atom is 0.136 e. The molecule has 0 bridgehead atoms. The summed E-state index contributed by atoms with van der Waals surface area (Å²) < 4.78 is 17.4. The van der Waals surface area contributed by atoms with Crippen LogP contribution in [0.1, 0.15) is 0 Å². The van der Waals surface area contributed by atoms with Crippen molar-refractivity contribution in [1.82, 2.24) is 4.98 Å². The smallest absolute Gasteiger partial charge is 0.136 e. The van der Waals surface area contributed by atoms with Gasteiger partial charge < -0.3 is 14.2 Å². The lowest BCUT2D eigenvalue weighted by Crippen LogP contribution is -1.95. The minimum atomic E-state index is 0.685. The molecule has 3 rings (SSSR count). The van der Waals surface area contributed by atoms with Gasteiger partial charge in [-0.05, 0) is 12.1 Å². The van der Waals surface area contributed by atoms with Crippen molar-refractivity contribution in [3.8, 4) is 27.8 Å². The van der Waals surface area contributed by atoms with Crippen LogP contribution >= 0.6 is 11.3 Å². The fourth-order valence-electron chi connectivity index (χ4n) is 2.20. The van der Waals surface area contributed by atoms with Crippen LogP contribution in [0.4, 0.5) is 0 Å². The van der Waals surface area contributed by atoms with Crippen molar-refractivity contribution in [2.45, 2.75) is 0 Å². The van der Waals surface area contributed by atoms with E-state index in [-0.39, 0.29) is 0 Å². The first-order valence-electron chi connectivity index (χ1n) is 6.42. The predicted octanol–water partition coefficient (Wildman–Crippen LogP) is 3.99. The molecule has 0 atom stereocenters. The summed E-state index contributed by atoms with van der Waals surface area (Å²) in [5.74, 6) is 2.06. The number of nitrogens with zero attached hydrogens (tertiary/aromatic N) is 1. The van der Waals surface area contributed by atoms with Crippen molar-refractivity contribution in [2.75, 3.05) is 21.3 Å². The third-order valence-electron chi connectivity index (χ3n) is 3.22. The van der Waals surface area contributed by atoms with Gasteiger partial charge in [-0.25, -0.2) is 4.98 Å². The molecular formula is C16H15NO3S. The molecule has 2 aromatic carbocycles. The Kier molecular flexibility index (Phi) is 3.66. The van der Waals surface area contributed by atoms with Gasteiger partial charge in [-0.3, -0.25) is 0 Å². The summed E-state index contributed by atoms with van der Waals surface area (Å²) in [5, 5.41) is 0.868. The lowest BCUT2D eigenvalue weighted by Gasteiger charge is -2.13. The zero-order valence-corrected chi connectivity index (χ0v) is 12.9. The average Bonchev–Trinajstić information content (AvgIpc) is 2.96. The Morgan fingerprint density at radius 3 is 2.14 bits per heavy atom. The third-order valence-corrected chi connectivity index (χ3v) is 4.28. The Morgan fingerprint density at radius 1 is 0.905 bits per heavy atom. The highest BCUT2D eigenvalue weighted by atomic mass is 32.1. The van der Waals surface area contributed by atoms with Crippen LogP contribution in [-0.2, 0) is 0 Å². The van der Waals surface area contributed by atoms with Crippen molar-refractivity contribution in [2.24, 2.45) is 0 Å². The molecule has 0 amide bonds. The van der Waals surface area contributed by atoms with Gasteiger partial charge >= 0.3 is 0 Å². The lowest BCUT2D eigenvalue weighted by molar-refractivity contribution is 0.377. The van der Waals surface area contributed by atoms with Crippen LogP contribution < -0.4 is 14.2 Å². The molecule has 0 aliphatic carbocycles. The van der Waals surface area contributed by atoms with Crippen molar-refractivity contribution in [3.05, 3.63) is 36.4 Å². The topological polar surface area (TPSA) is 40.6 Å². The number of rotatable bonds is 4. The van der Waals surface area contributed by atoms with Crippen LogP contribution in [0.25, 0.3) is 20.8 Å². The zero-order valence-electron chi connectivity index (χ0n) is 12.0. The van der Waals surface area contributed by atoms with Gasteiger partial charge in [0.15, 0.2) is 0 Å². The van der Waals surface area contributed by atoms with Gasteiger partial charge in [-0.1, -0.05) is 12.1 Å². The highest BCUT2D eigenvalue weighted by Crippen LogP contribution is 2.44. The van der Waals surface area contributed by atoms with Crippen molar-refractivity contribution in [1.29, 1.82) is 0 Å². The summed E-state index contributed by atoms with van der Waals surface area (Å²) in [6.45, 7) is 0. The molecule has 0 radical (unpaired) electrons. The molecule has 5 heteroatoms. The number of methoxy groups -OCH3 is 3. The molecule has 3 aromatic rings. The van der Waals surface area contributed by atoms with Gasteiger partial charge in [0.25, 0.3) is 0 Å². The maximum absolute atomic E-state index is 5.49. The second-order valence-corrected chi connectivity index (χ2v) is 5.42. The van der Waals surface area contributed by atoms with Gasteiger partial charge in [-0.2, -0.15) is 0 Å². The standard InChI is InChI=1S/C16H15NO3S/c1-18-10-8-12(19-2)15(13(9-10)20-3)16-17-11-6-4-5-7-14(11)21-16/h4-9H,1-3H3. The highest BCUT2D eigenvalue weighted by molar-refractivity contribution is 7.21. The monoisotopic (exact) mass is 301 g/mol. The quantitative estimate of drug-likeness (QED) is 0.730. The van der Waals surface area contributed by atoms with E-state index in [9.17, 15) is 0 Å². The van der Waals surface area contributed by atoms with E-state index in [4.69, 9.17) is 14.2 Å². The molecule has 1 heterocycles. The first-order chi connectivity index (χ1) is 10.3. The Morgan fingerprint density at radius 2 is 1.57 bits per heavy atom. The average molecular weight is 301 g/mol. The number of hydrogen-bond donors (Lipinski definition) is 0. The number of hydrogen-bond acceptors (Lipinski definition) is 5. The Labute approximate surface area is 126 Å². The third kappa shape index (κ3) is 2.40. The highest BCUT2D eigenvalue weighted by Gasteiger charge is 2.18. The van der Waals surface area contributed by atoms with E-state index in [0.717, 1.165) is 20.8 Å². The molecular weight excluding hydrogens is 286 g/mol. The minimum absolute atomic E-state index is 0.685. The normalized spacial score (nSPS) is 10.6. The molecule has 108 valence electrons. The Bertz CT molecular complexity index is 724. The van der Waals surface area contributed by atoms with E-state index in [1.54, 1.807) is 32.7 Å². The summed E-state index contributed by atoms with van der Waals surface area (Å²) in [6.07, 6.45) is 0. The zero-order chi connectivity index (χ0) is 14.8. The van der Waals surface area contributed by atoms with Gasteiger partial charge in [0, 0.05) is 12.1 Å². The summed E-state index contributed by atoms with van der Waals surface area (Å²) in [5.41, 5.74) is 1.82. The largest absolute Gasteiger partial charge is 0.496 e. The summed E-state index contributed by atoms with van der Waals surface area (Å²) in [7, 11) is 4.88. The van der Waals surface area contributed by atoms with E-state index >= 15 is 0 Å². The maximum atomic E-state index is 5.49. The van der Waals surface area contributed by atoms with Gasteiger partial charge in [0.05, 0.1) is 37.1 Å². The molecule has 0 aliphatic heterocycles. The molecule has 4 nitrogen and oxygen atoms in total.